The van der Waals surface area contributed by atoms with Gasteiger partial charge < -0.3 is 37.5 Å². The van der Waals surface area contributed by atoms with E-state index in [2.05, 4.69) is 38.5 Å². The molecule has 1 heterocycles. The number of imidazole rings is 1. The lowest BCUT2D eigenvalue weighted by Crippen LogP contribution is -2.58. The summed E-state index contributed by atoms with van der Waals surface area (Å²) < 4.78 is 0. The van der Waals surface area contributed by atoms with Crippen LogP contribution in [-0.4, -0.2) is 74.6 Å². The minimum absolute atomic E-state index is 0.00147. The van der Waals surface area contributed by atoms with E-state index >= 15 is 0 Å². The lowest BCUT2D eigenvalue weighted by Gasteiger charge is -2.25. The fraction of sp³-hybridized carbons (Fsp3) is 0.391. The minimum atomic E-state index is -1.31. The van der Waals surface area contributed by atoms with Crippen LogP contribution in [0.5, 0.6) is 0 Å². The number of nitrogens with one attached hydrogen (secondary N) is 4. The number of nitrogens with two attached hydrogens (primary N) is 2. The maximum absolute atomic E-state index is 13.2. The summed E-state index contributed by atoms with van der Waals surface area (Å²) in [5.74, 6) is -4.17. The van der Waals surface area contributed by atoms with Gasteiger partial charge in [-0.2, -0.15) is 12.6 Å². The first kappa shape index (κ1) is 29.3. The Morgan fingerprint density at radius 3 is 2.14 bits per heavy atom. The number of aromatic nitrogens is 2. The van der Waals surface area contributed by atoms with E-state index in [1.807, 2.05) is 0 Å². The van der Waals surface area contributed by atoms with Crippen molar-refractivity contribution in [3.05, 3.63) is 54.1 Å². The molecular weight excluding hydrogens is 502 g/mol. The normalized spacial score (nSPS) is 14.0. The third-order valence-electron chi connectivity index (χ3n) is 5.35. The molecule has 4 unspecified atom stereocenters. The number of hydrogen-bond acceptors (Lipinski definition) is 8. The zero-order chi connectivity index (χ0) is 27.4. The number of benzene rings is 1. The number of nitrogens with zero attached hydrogens (tertiary/aromatic N) is 1. The van der Waals surface area contributed by atoms with Gasteiger partial charge in [0.25, 0.3) is 0 Å². The van der Waals surface area contributed by atoms with Gasteiger partial charge >= 0.3 is 5.97 Å². The number of aliphatic carboxylic acids is 1. The Bertz CT molecular complexity index is 1070. The fourth-order valence-electron chi connectivity index (χ4n) is 3.34. The van der Waals surface area contributed by atoms with Gasteiger partial charge in [0.2, 0.25) is 23.6 Å². The molecule has 0 bridgehead atoms. The molecule has 0 saturated carbocycles. The number of carbonyl (C=O) groups is 5. The van der Waals surface area contributed by atoms with Gasteiger partial charge in [0.1, 0.15) is 18.1 Å². The van der Waals surface area contributed by atoms with E-state index in [-0.39, 0.29) is 31.4 Å². The molecule has 1 aromatic carbocycles. The van der Waals surface area contributed by atoms with Crippen LogP contribution in [0, 0.1) is 0 Å². The van der Waals surface area contributed by atoms with Gasteiger partial charge in [-0.3, -0.25) is 19.2 Å². The van der Waals surface area contributed by atoms with Crippen molar-refractivity contribution in [2.75, 3.05) is 5.75 Å². The Kier molecular flexibility index (Phi) is 11.6. The van der Waals surface area contributed by atoms with E-state index in [0.29, 0.717) is 11.3 Å². The van der Waals surface area contributed by atoms with Crippen molar-refractivity contribution < 1.29 is 29.1 Å². The lowest BCUT2D eigenvalue weighted by molar-refractivity contribution is -0.142. The van der Waals surface area contributed by atoms with E-state index in [1.165, 1.54) is 12.5 Å². The van der Waals surface area contributed by atoms with Crippen LogP contribution in [0.15, 0.2) is 42.9 Å². The first-order valence-electron chi connectivity index (χ1n) is 11.4. The summed E-state index contributed by atoms with van der Waals surface area (Å²) in [7, 11) is 0. The Labute approximate surface area is 218 Å². The molecule has 2 aromatic rings. The highest BCUT2D eigenvalue weighted by Crippen LogP contribution is 2.07. The van der Waals surface area contributed by atoms with Gasteiger partial charge in [-0.05, 0) is 12.0 Å². The first-order chi connectivity index (χ1) is 17.6. The number of aromatic amines is 1. The number of carbonyl (C=O) groups excluding carboxylic acids is 4. The molecule has 1 aromatic heterocycles. The van der Waals surface area contributed by atoms with Crippen molar-refractivity contribution >= 4 is 42.2 Å². The monoisotopic (exact) mass is 533 g/mol. The number of carboxylic acids is 1. The molecule has 0 saturated heterocycles. The third-order valence-corrected chi connectivity index (χ3v) is 5.75. The van der Waals surface area contributed by atoms with E-state index < -0.39 is 53.8 Å². The summed E-state index contributed by atoms with van der Waals surface area (Å²) in [6.07, 6.45) is 2.41. The summed E-state index contributed by atoms with van der Waals surface area (Å²) in [5, 5.41) is 17.0. The third kappa shape index (κ3) is 9.93. The summed E-state index contributed by atoms with van der Waals surface area (Å²) in [4.78, 5) is 68.4. The van der Waals surface area contributed by atoms with Crippen LogP contribution < -0.4 is 27.4 Å². The molecule has 4 atom stereocenters. The Hall–Kier alpha value is -3.91. The molecule has 13 nitrogen and oxygen atoms in total. The van der Waals surface area contributed by atoms with Crippen LogP contribution >= 0.6 is 12.6 Å². The Balaban J connectivity index is 2.19. The molecule has 200 valence electrons. The van der Waals surface area contributed by atoms with Crippen molar-refractivity contribution in [3.63, 3.8) is 0 Å². The van der Waals surface area contributed by atoms with Crippen molar-refractivity contribution in [1.29, 1.82) is 0 Å². The van der Waals surface area contributed by atoms with Crippen molar-refractivity contribution in [1.82, 2.24) is 25.9 Å². The number of amides is 4. The summed E-state index contributed by atoms with van der Waals surface area (Å²) in [6.45, 7) is 0. The van der Waals surface area contributed by atoms with Crippen LogP contribution in [-0.2, 0) is 36.8 Å². The molecular formula is C23H31N7O6S. The first-order valence-corrected chi connectivity index (χ1v) is 12.0. The van der Waals surface area contributed by atoms with Crippen LogP contribution in [0.4, 0.5) is 0 Å². The van der Waals surface area contributed by atoms with E-state index in [4.69, 9.17) is 11.5 Å². The number of rotatable bonds is 15. The second-order valence-electron chi connectivity index (χ2n) is 8.29. The van der Waals surface area contributed by atoms with Gasteiger partial charge in [-0.15, -0.1) is 0 Å². The molecule has 0 aliphatic carbocycles. The second kappa shape index (κ2) is 14.6. The molecule has 4 amide bonds. The minimum Gasteiger partial charge on any atom is -0.480 e. The molecule has 0 fully saturated rings. The van der Waals surface area contributed by atoms with Crippen molar-refractivity contribution in [2.24, 2.45) is 11.5 Å². The zero-order valence-electron chi connectivity index (χ0n) is 19.9. The lowest BCUT2D eigenvalue weighted by atomic mass is 10.0. The average molecular weight is 534 g/mol. The zero-order valence-corrected chi connectivity index (χ0v) is 20.8. The van der Waals surface area contributed by atoms with Crippen molar-refractivity contribution in [2.45, 2.75) is 49.9 Å². The van der Waals surface area contributed by atoms with Crippen LogP contribution in [0.3, 0.4) is 0 Å². The Morgan fingerprint density at radius 2 is 1.57 bits per heavy atom. The molecule has 0 radical (unpaired) electrons. The van der Waals surface area contributed by atoms with E-state index in [0.717, 1.165) is 0 Å². The summed E-state index contributed by atoms with van der Waals surface area (Å²) >= 11 is 3.98. The number of H-pyrrole nitrogens is 1. The van der Waals surface area contributed by atoms with Gasteiger partial charge in [-0.1, -0.05) is 30.3 Å². The highest BCUT2D eigenvalue weighted by molar-refractivity contribution is 7.80. The number of hydrogen-bond donors (Lipinski definition) is 8. The summed E-state index contributed by atoms with van der Waals surface area (Å²) in [6, 6.07) is 3.92. The van der Waals surface area contributed by atoms with Crippen LogP contribution in [0.1, 0.15) is 24.1 Å². The van der Waals surface area contributed by atoms with Gasteiger partial charge in [0, 0.05) is 36.9 Å². The van der Waals surface area contributed by atoms with Gasteiger partial charge in [0.15, 0.2) is 0 Å². The highest BCUT2D eigenvalue weighted by Gasteiger charge is 2.31. The SMILES string of the molecule is NC(=O)CCC(NC(=O)C(Cc1cnc[nH]1)NC(=O)C(N)CS)C(=O)NC(Cc1ccccc1)C(=O)O. The van der Waals surface area contributed by atoms with E-state index in [1.54, 1.807) is 30.3 Å². The van der Waals surface area contributed by atoms with Crippen molar-refractivity contribution in [3.8, 4) is 0 Å². The highest BCUT2D eigenvalue weighted by atomic mass is 32.1. The molecule has 0 aliphatic heterocycles. The molecule has 0 aliphatic rings. The van der Waals surface area contributed by atoms with Crippen LogP contribution in [0.2, 0.25) is 0 Å². The smallest absolute Gasteiger partial charge is 0.326 e. The maximum Gasteiger partial charge on any atom is 0.326 e. The predicted octanol–water partition coefficient (Wildman–Crippen LogP) is -1.74. The predicted molar refractivity (Wildman–Crippen MR) is 136 cm³/mol. The second-order valence-corrected chi connectivity index (χ2v) is 8.65. The van der Waals surface area contributed by atoms with E-state index in [9.17, 15) is 29.1 Å². The number of thiol groups is 1. The molecule has 2 rings (SSSR count). The molecule has 0 spiro atoms. The average Bonchev–Trinajstić information content (AvgIpc) is 3.38. The molecule has 9 N–H and O–H groups in total. The summed E-state index contributed by atoms with van der Waals surface area (Å²) in [5.41, 5.74) is 12.1. The topological polar surface area (TPSA) is 222 Å². The largest absolute Gasteiger partial charge is 0.480 e. The quantitative estimate of drug-likeness (QED) is 0.122. The van der Waals surface area contributed by atoms with Gasteiger partial charge in [0.05, 0.1) is 12.4 Å². The van der Waals surface area contributed by atoms with Crippen LogP contribution in [0.25, 0.3) is 0 Å². The Morgan fingerprint density at radius 1 is 0.946 bits per heavy atom. The maximum atomic E-state index is 13.2. The molecule has 37 heavy (non-hydrogen) atoms. The van der Waals surface area contributed by atoms with Gasteiger partial charge in [-0.25, -0.2) is 9.78 Å². The fourth-order valence-corrected chi connectivity index (χ4v) is 3.50. The molecule has 14 heteroatoms. The standard InChI is InChI=1S/C23H31N7O6S/c24-15(11-37)20(32)29-17(9-14-10-26-12-27-14)22(34)28-16(6-7-19(25)31)21(33)30-18(23(35)36)8-13-4-2-1-3-5-13/h1-5,10,12,15-18,37H,6-9,11,24H2,(H2,25,31)(H,26,27)(H,28,34)(H,29,32)(H,30,33)(H,35,36). The number of carboxylic acid groups (broad SMARTS) is 1. The number of primary amides is 1.